The summed E-state index contributed by atoms with van der Waals surface area (Å²) in [5, 5.41) is 14.8. The monoisotopic (exact) mass is 367 g/mol. The molecule has 0 saturated carbocycles. The molecule has 140 valence electrons. The highest BCUT2D eigenvalue weighted by Crippen LogP contribution is 2.30. The summed E-state index contributed by atoms with van der Waals surface area (Å²) < 4.78 is 6.32. The summed E-state index contributed by atoms with van der Waals surface area (Å²) in [6.45, 7) is 16.5. The predicted molar refractivity (Wildman–Crippen MR) is 101 cm³/mol. The van der Waals surface area contributed by atoms with Crippen molar-refractivity contribution in [2.24, 2.45) is 0 Å². The van der Waals surface area contributed by atoms with Crippen molar-refractivity contribution in [3.63, 3.8) is 0 Å². The summed E-state index contributed by atoms with van der Waals surface area (Å²) in [6, 6.07) is 2.40. The average Bonchev–Trinajstić information content (AvgIpc) is 3.04. The van der Waals surface area contributed by atoms with E-state index in [2.05, 4.69) is 73.7 Å². The number of hydrogen-bond acceptors (Lipinski definition) is 2. The Kier molecular flexibility index (Phi) is 5.69. The number of aliphatic hydroxyl groups is 1. The first-order valence-electron chi connectivity index (χ1n) is 8.93. The van der Waals surface area contributed by atoms with Gasteiger partial charge >= 0.3 is 0 Å². The van der Waals surface area contributed by atoms with Crippen molar-refractivity contribution >= 4 is 11.6 Å². The first-order valence-corrected chi connectivity index (χ1v) is 9.31. The SMILES string of the molecule is CC(C)n1nccc1C(C)(C)C[n+]1cc(Cl)c(C(C)(C)C)n1CCO. The van der Waals surface area contributed by atoms with Gasteiger partial charge in [0.05, 0.1) is 17.7 Å². The number of aromatic nitrogens is 4. The van der Waals surface area contributed by atoms with Crippen LogP contribution in [0.5, 0.6) is 0 Å². The molecule has 2 aromatic rings. The minimum Gasteiger partial charge on any atom is -0.394 e. The van der Waals surface area contributed by atoms with Crippen LogP contribution in [0.15, 0.2) is 18.5 Å². The van der Waals surface area contributed by atoms with E-state index in [9.17, 15) is 5.11 Å². The molecule has 0 amide bonds. The lowest BCUT2D eigenvalue weighted by molar-refractivity contribution is -0.782. The molecular formula is C19H32ClN4O+. The summed E-state index contributed by atoms with van der Waals surface area (Å²) in [7, 11) is 0. The molecule has 0 aromatic carbocycles. The molecular weight excluding hydrogens is 336 g/mol. The summed E-state index contributed by atoms with van der Waals surface area (Å²) >= 11 is 6.57. The van der Waals surface area contributed by atoms with Gasteiger partial charge < -0.3 is 5.11 Å². The van der Waals surface area contributed by atoms with E-state index in [0.717, 1.165) is 17.3 Å². The van der Waals surface area contributed by atoms with Gasteiger partial charge in [0, 0.05) is 17.7 Å². The van der Waals surface area contributed by atoms with Crippen LogP contribution >= 0.6 is 11.6 Å². The lowest BCUT2D eigenvalue weighted by Crippen LogP contribution is -2.51. The smallest absolute Gasteiger partial charge is 0.214 e. The molecule has 5 nitrogen and oxygen atoms in total. The number of hydrogen-bond donors (Lipinski definition) is 1. The highest BCUT2D eigenvalue weighted by molar-refractivity contribution is 6.31. The number of rotatable bonds is 6. The molecule has 0 fully saturated rings. The van der Waals surface area contributed by atoms with E-state index in [0.29, 0.717) is 12.6 Å². The Morgan fingerprint density at radius 2 is 1.88 bits per heavy atom. The molecule has 2 aromatic heterocycles. The lowest BCUT2D eigenvalue weighted by atomic mass is 9.89. The molecule has 0 radical (unpaired) electrons. The lowest BCUT2D eigenvalue weighted by Gasteiger charge is -2.25. The van der Waals surface area contributed by atoms with E-state index in [-0.39, 0.29) is 17.4 Å². The van der Waals surface area contributed by atoms with E-state index in [1.54, 1.807) is 0 Å². The van der Waals surface area contributed by atoms with Crippen LogP contribution in [0.3, 0.4) is 0 Å². The Morgan fingerprint density at radius 3 is 2.40 bits per heavy atom. The van der Waals surface area contributed by atoms with Crippen LogP contribution in [-0.2, 0) is 23.9 Å². The first-order chi connectivity index (χ1) is 11.5. The normalized spacial score (nSPS) is 13.0. The van der Waals surface area contributed by atoms with Gasteiger partial charge in [0.25, 0.3) is 0 Å². The molecule has 1 N–H and O–H groups in total. The average molecular weight is 368 g/mol. The Hall–Kier alpha value is -1.33. The van der Waals surface area contributed by atoms with Crippen LogP contribution in [0.2, 0.25) is 5.02 Å². The van der Waals surface area contributed by atoms with Gasteiger partial charge in [0.2, 0.25) is 6.20 Å². The maximum atomic E-state index is 9.55. The van der Waals surface area contributed by atoms with Gasteiger partial charge in [-0.2, -0.15) is 9.78 Å². The van der Waals surface area contributed by atoms with Crippen LogP contribution in [0.1, 0.15) is 65.9 Å². The van der Waals surface area contributed by atoms with Gasteiger partial charge in [-0.1, -0.05) is 32.4 Å². The Balaban J connectivity index is 2.47. The van der Waals surface area contributed by atoms with Crippen LogP contribution in [-0.4, -0.2) is 26.2 Å². The second kappa shape index (κ2) is 7.12. The number of aliphatic hydroxyl groups excluding tert-OH is 1. The fourth-order valence-electron chi connectivity index (χ4n) is 3.47. The molecule has 0 aliphatic heterocycles. The predicted octanol–water partition coefficient (Wildman–Crippen LogP) is 3.47. The molecule has 0 spiro atoms. The Labute approximate surface area is 156 Å². The van der Waals surface area contributed by atoms with Crippen molar-refractivity contribution in [3.05, 3.63) is 34.9 Å². The van der Waals surface area contributed by atoms with Crippen molar-refractivity contribution in [3.8, 4) is 0 Å². The Morgan fingerprint density at radius 1 is 1.24 bits per heavy atom. The summed E-state index contributed by atoms with van der Waals surface area (Å²) in [5.41, 5.74) is 2.02. The van der Waals surface area contributed by atoms with Crippen LogP contribution in [0.25, 0.3) is 0 Å². The van der Waals surface area contributed by atoms with E-state index in [1.165, 1.54) is 5.69 Å². The maximum absolute atomic E-state index is 9.55. The Bertz CT molecular complexity index is 722. The number of halogens is 1. The summed E-state index contributed by atoms with van der Waals surface area (Å²) in [4.78, 5) is 0. The molecule has 2 rings (SSSR count). The molecule has 2 heterocycles. The maximum Gasteiger partial charge on any atom is 0.214 e. The van der Waals surface area contributed by atoms with Crippen molar-refractivity contribution in [1.82, 2.24) is 14.5 Å². The fourth-order valence-corrected chi connectivity index (χ4v) is 3.97. The third-order valence-electron chi connectivity index (χ3n) is 4.49. The largest absolute Gasteiger partial charge is 0.394 e. The van der Waals surface area contributed by atoms with Crippen LogP contribution < -0.4 is 4.68 Å². The van der Waals surface area contributed by atoms with Crippen LogP contribution in [0, 0.1) is 0 Å². The molecule has 0 bridgehead atoms. The van der Waals surface area contributed by atoms with E-state index in [4.69, 9.17) is 11.6 Å². The van der Waals surface area contributed by atoms with E-state index in [1.807, 2.05) is 12.4 Å². The zero-order valence-electron chi connectivity index (χ0n) is 16.5. The zero-order valence-corrected chi connectivity index (χ0v) is 17.3. The minimum atomic E-state index is -0.129. The van der Waals surface area contributed by atoms with Crippen molar-refractivity contribution in [2.75, 3.05) is 6.61 Å². The molecule has 0 saturated heterocycles. The van der Waals surface area contributed by atoms with Crippen LogP contribution in [0.4, 0.5) is 0 Å². The number of nitrogens with zero attached hydrogens (tertiary/aromatic N) is 4. The topological polar surface area (TPSA) is 46.9 Å². The van der Waals surface area contributed by atoms with Gasteiger partial charge in [0.15, 0.2) is 6.54 Å². The fraction of sp³-hybridized carbons (Fsp3) is 0.684. The van der Waals surface area contributed by atoms with Gasteiger partial charge in [-0.25, -0.2) is 0 Å². The van der Waals surface area contributed by atoms with Crippen molar-refractivity contribution in [1.29, 1.82) is 0 Å². The van der Waals surface area contributed by atoms with E-state index < -0.39 is 0 Å². The van der Waals surface area contributed by atoms with Gasteiger partial charge in [-0.15, -0.1) is 4.68 Å². The molecule has 6 heteroatoms. The molecule has 25 heavy (non-hydrogen) atoms. The quantitative estimate of drug-likeness (QED) is 0.794. The first kappa shape index (κ1) is 20.0. The van der Waals surface area contributed by atoms with Gasteiger partial charge in [0.1, 0.15) is 17.3 Å². The molecule has 0 unspecified atom stereocenters. The van der Waals surface area contributed by atoms with E-state index >= 15 is 0 Å². The highest BCUT2D eigenvalue weighted by atomic mass is 35.5. The second-order valence-electron chi connectivity index (χ2n) is 8.66. The molecule has 0 atom stereocenters. The van der Waals surface area contributed by atoms with Gasteiger partial charge in [-0.3, -0.25) is 4.68 Å². The minimum absolute atomic E-state index is 0.0818. The van der Waals surface area contributed by atoms with Crippen molar-refractivity contribution < 1.29 is 9.79 Å². The van der Waals surface area contributed by atoms with Crippen molar-refractivity contribution in [2.45, 2.75) is 78.4 Å². The third-order valence-corrected chi connectivity index (χ3v) is 4.77. The molecule has 0 aliphatic carbocycles. The highest BCUT2D eigenvalue weighted by Gasteiger charge is 2.35. The summed E-state index contributed by atoms with van der Waals surface area (Å²) in [6.07, 6.45) is 3.84. The summed E-state index contributed by atoms with van der Waals surface area (Å²) in [5.74, 6) is 0. The van der Waals surface area contributed by atoms with Gasteiger partial charge in [-0.05, 0) is 33.8 Å². The molecule has 0 aliphatic rings. The third kappa shape index (κ3) is 4.09. The second-order valence-corrected chi connectivity index (χ2v) is 9.07. The standard InChI is InChI=1S/C19H32ClN4O/c1-14(2)24-16(8-9-21-24)19(6,7)13-22-12-15(20)17(18(3,4)5)23(22)10-11-25/h8-9,12,14,25H,10-11,13H2,1-7H3/q+1. The zero-order chi connectivity index (χ0) is 19.0.